The second-order valence-electron chi connectivity index (χ2n) is 4.42. The molecule has 21 heavy (non-hydrogen) atoms. The smallest absolute Gasteiger partial charge is 0.203 e. The third-order valence-corrected chi connectivity index (χ3v) is 2.73. The van der Waals surface area contributed by atoms with Crippen molar-refractivity contribution in [3.05, 3.63) is 17.7 Å². The molecule has 0 heterocycles. The van der Waals surface area contributed by atoms with Crippen LogP contribution in [0.1, 0.15) is 19.4 Å². The molecular weight excluding hydrogens is 290 g/mol. The van der Waals surface area contributed by atoms with Gasteiger partial charge in [-0.25, -0.2) is 0 Å². The zero-order chi connectivity index (χ0) is 15.8. The molecule has 0 fully saturated rings. The minimum absolute atomic E-state index is 0.246. The van der Waals surface area contributed by atoms with Crippen molar-refractivity contribution in [1.82, 2.24) is 10.7 Å². The van der Waals surface area contributed by atoms with Crippen LogP contribution in [0.4, 0.5) is 0 Å². The predicted molar refractivity (Wildman–Crippen MR) is 87.7 cm³/mol. The van der Waals surface area contributed by atoms with E-state index in [0.29, 0.717) is 22.4 Å². The molecule has 1 aromatic rings. The second kappa shape index (κ2) is 8.31. The molecule has 0 unspecified atom stereocenters. The predicted octanol–water partition coefficient (Wildman–Crippen LogP) is 1.92. The van der Waals surface area contributed by atoms with Crippen molar-refractivity contribution in [2.45, 2.75) is 19.9 Å². The lowest BCUT2D eigenvalue weighted by molar-refractivity contribution is 0.324. The molecule has 116 valence electrons. The monoisotopic (exact) mass is 311 g/mol. The third-order valence-electron chi connectivity index (χ3n) is 2.52. The number of hydrogen-bond acceptors (Lipinski definition) is 5. The number of ether oxygens (including phenoxy) is 3. The number of hydrazone groups is 1. The standard InChI is InChI=1S/C14H21N3O3S/c1-9(2)16-14(21)17-15-8-10-6-7-11(18-3)13(20-5)12(10)19-4/h6-9H,1-5H3,(H2,16,17,21). The van der Waals surface area contributed by atoms with E-state index in [-0.39, 0.29) is 6.04 Å². The highest BCUT2D eigenvalue weighted by molar-refractivity contribution is 7.80. The first-order valence-corrected chi connectivity index (χ1v) is 6.82. The topological polar surface area (TPSA) is 64.1 Å². The van der Waals surface area contributed by atoms with Crippen LogP contribution in [0.3, 0.4) is 0 Å². The number of rotatable bonds is 6. The van der Waals surface area contributed by atoms with Gasteiger partial charge in [0.2, 0.25) is 5.75 Å². The van der Waals surface area contributed by atoms with Gasteiger partial charge in [0.15, 0.2) is 16.6 Å². The summed E-state index contributed by atoms with van der Waals surface area (Å²) < 4.78 is 15.9. The molecule has 0 amide bonds. The van der Waals surface area contributed by atoms with Crippen molar-refractivity contribution in [2.75, 3.05) is 21.3 Å². The molecule has 0 atom stereocenters. The molecule has 0 aliphatic heterocycles. The first-order valence-electron chi connectivity index (χ1n) is 6.42. The second-order valence-corrected chi connectivity index (χ2v) is 4.83. The Labute approximate surface area is 130 Å². The fourth-order valence-electron chi connectivity index (χ4n) is 1.68. The highest BCUT2D eigenvalue weighted by atomic mass is 32.1. The van der Waals surface area contributed by atoms with E-state index in [0.717, 1.165) is 5.56 Å². The lowest BCUT2D eigenvalue weighted by atomic mass is 10.2. The Kier molecular flexibility index (Phi) is 6.74. The molecule has 6 nitrogen and oxygen atoms in total. The van der Waals surface area contributed by atoms with Gasteiger partial charge >= 0.3 is 0 Å². The molecule has 0 bridgehead atoms. The summed E-state index contributed by atoms with van der Waals surface area (Å²) >= 11 is 5.08. The zero-order valence-corrected chi connectivity index (χ0v) is 13.7. The Morgan fingerprint density at radius 1 is 1.14 bits per heavy atom. The highest BCUT2D eigenvalue weighted by Gasteiger charge is 2.14. The molecule has 0 saturated carbocycles. The van der Waals surface area contributed by atoms with Crippen LogP contribution in [0.15, 0.2) is 17.2 Å². The number of nitrogens with zero attached hydrogens (tertiary/aromatic N) is 1. The van der Waals surface area contributed by atoms with Gasteiger partial charge in [0.1, 0.15) is 0 Å². The fraction of sp³-hybridized carbons (Fsp3) is 0.429. The molecular formula is C14H21N3O3S. The highest BCUT2D eigenvalue weighted by Crippen LogP contribution is 2.38. The average molecular weight is 311 g/mol. The maximum absolute atomic E-state index is 5.36. The van der Waals surface area contributed by atoms with E-state index in [1.807, 2.05) is 19.9 Å². The summed E-state index contributed by atoms with van der Waals surface area (Å²) in [6, 6.07) is 3.85. The molecule has 0 aliphatic carbocycles. The van der Waals surface area contributed by atoms with Crippen LogP contribution in [0.2, 0.25) is 0 Å². The van der Waals surface area contributed by atoms with Crippen molar-refractivity contribution < 1.29 is 14.2 Å². The number of methoxy groups -OCH3 is 3. The first-order chi connectivity index (χ1) is 10.0. The summed E-state index contributed by atoms with van der Waals surface area (Å²) in [4.78, 5) is 0. The van der Waals surface area contributed by atoms with Crippen LogP contribution in [0.25, 0.3) is 0 Å². The molecule has 0 aromatic heterocycles. The quantitative estimate of drug-likeness (QED) is 0.475. The summed E-state index contributed by atoms with van der Waals surface area (Å²) in [5.74, 6) is 1.66. The average Bonchev–Trinajstić information content (AvgIpc) is 2.45. The SMILES string of the molecule is COc1ccc(C=NNC(=S)NC(C)C)c(OC)c1OC. The van der Waals surface area contributed by atoms with Crippen LogP contribution in [0, 0.1) is 0 Å². The minimum atomic E-state index is 0.246. The van der Waals surface area contributed by atoms with E-state index in [4.69, 9.17) is 26.4 Å². The van der Waals surface area contributed by atoms with Gasteiger partial charge in [-0.3, -0.25) is 5.43 Å². The minimum Gasteiger partial charge on any atom is -0.493 e. The summed E-state index contributed by atoms with van der Waals surface area (Å²) in [6.07, 6.45) is 1.61. The molecule has 0 aliphatic rings. The van der Waals surface area contributed by atoms with E-state index in [1.165, 1.54) is 0 Å². The number of thiocarbonyl (C=S) groups is 1. The lowest BCUT2D eigenvalue weighted by Gasteiger charge is -2.14. The van der Waals surface area contributed by atoms with Gasteiger partial charge in [0.25, 0.3) is 0 Å². The number of benzene rings is 1. The lowest BCUT2D eigenvalue weighted by Crippen LogP contribution is -2.36. The van der Waals surface area contributed by atoms with Gasteiger partial charge in [-0.1, -0.05) is 0 Å². The summed E-state index contributed by atoms with van der Waals surface area (Å²) in [5.41, 5.74) is 3.49. The Bertz CT molecular complexity index is 518. The maximum Gasteiger partial charge on any atom is 0.203 e. The van der Waals surface area contributed by atoms with Crippen molar-refractivity contribution in [2.24, 2.45) is 5.10 Å². The van der Waals surface area contributed by atoms with Crippen molar-refractivity contribution in [3.8, 4) is 17.2 Å². The van der Waals surface area contributed by atoms with Gasteiger partial charge < -0.3 is 19.5 Å². The van der Waals surface area contributed by atoms with E-state index in [9.17, 15) is 0 Å². The Hall–Kier alpha value is -2.02. The molecule has 0 radical (unpaired) electrons. The Balaban J connectivity index is 2.90. The normalized spacial score (nSPS) is 10.6. The van der Waals surface area contributed by atoms with Crippen molar-refractivity contribution >= 4 is 23.5 Å². The van der Waals surface area contributed by atoms with E-state index in [1.54, 1.807) is 33.6 Å². The van der Waals surface area contributed by atoms with E-state index in [2.05, 4.69) is 15.8 Å². The summed E-state index contributed by atoms with van der Waals surface area (Å²) in [6.45, 7) is 3.99. The molecule has 2 N–H and O–H groups in total. The van der Waals surface area contributed by atoms with Gasteiger partial charge in [0.05, 0.1) is 27.5 Å². The molecule has 1 aromatic carbocycles. The van der Waals surface area contributed by atoms with Gasteiger partial charge in [-0.15, -0.1) is 0 Å². The van der Waals surface area contributed by atoms with Crippen LogP contribution in [-0.2, 0) is 0 Å². The van der Waals surface area contributed by atoms with Gasteiger partial charge in [-0.2, -0.15) is 5.10 Å². The first kappa shape index (κ1) is 17.0. The van der Waals surface area contributed by atoms with Crippen LogP contribution in [-0.4, -0.2) is 38.7 Å². The molecule has 1 rings (SSSR count). The molecule has 0 spiro atoms. The van der Waals surface area contributed by atoms with E-state index >= 15 is 0 Å². The van der Waals surface area contributed by atoms with Crippen molar-refractivity contribution in [1.29, 1.82) is 0 Å². The van der Waals surface area contributed by atoms with Crippen LogP contribution >= 0.6 is 12.2 Å². The van der Waals surface area contributed by atoms with Crippen LogP contribution in [0.5, 0.6) is 17.2 Å². The number of nitrogens with one attached hydrogen (secondary N) is 2. The molecule has 0 saturated heterocycles. The summed E-state index contributed by atoms with van der Waals surface area (Å²) in [5, 5.41) is 7.57. The number of hydrogen-bond donors (Lipinski definition) is 2. The van der Waals surface area contributed by atoms with E-state index < -0.39 is 0 Å². The van der Waals surface area contributed by atoms with Crippen molar-refractivity contribution in [3.63, 3.8) is 0 Å². The summed E-state index contributed by atoms with van der Waals surface area (Å²) in [7, 11) is 4.69. The maximum atomic E-state index is 5.36. The van der Waals surface area contributed by atoms with Crippen LogP contribution < -0.4 is 25.0 Å². The Morgan fingerprint density at radius 3 is 2.33 bits per heavy atom. The van der Waals surface area contributed by atoms with Gasteiger partial charge in [0, 0.05) is 11.6 Å². The molecule has 7 heteroatoms. The van der Waals surface area contributed by atoms with Gasteiger partial charge in [-0.05, 0) is 38.2 Å². The zero-order valence-electron chi connectivity index (χ0n) is 12.9. The third kappa shape index (κ3) is 4.78. The largest absolute Gasteiger partial charge is 0.493 e. The Morgan fingerprint density at radius 2 is 1.81 bits per heavy atom. The fourth-order valence-corrected chi connectivity index (χ4v) is 1.97.